The summed E-state index contributed by atoms with van der Waals surface area (Å²) in [7, 11) is 0. The van der Waals surface area contributed by atoms with E-state index in [9.17, 15) is 9.59 Å². The molecule has 0 radical (unpaired) electrons. The van der Waals surface area contributed by atoms with Crippen LogP contribution >= 0.6 is 0 Å². The van der Waals surface area contributed by atoms with Gasteiger partial charge in [0.25, 0.3) is 5.91 Å². The van der Waals surface area contributed by atoms with E-state index in [2.05, 4.69) is 11.4 Å². The van der Waals surface area contributed by atoms with Gasteiger partial charge in [-0.25, -0.2) is 0 Å². The standard InChI is InChI=1S/C28H30N2O2/c1-3-18-29-27(31)20-24-12-15-26(16-13-24)30(21-25-11-7-8-22(2)19-25)28(32)17-14-23-9-5-4-6-10-23/h4-17,19H,3,18,20-21H2,1-2H3,(H,29,31). The highest BCUT2D eigenvalue weighted by Gasteiger charge is 2.15. The predicted molar refractivity (Wildman–Crippen MR) is 131 cm³/mol. The third-order valence-corrected chi connectivity index (χ3v) is 5.09. The van der Waals surface area contributed by atoms with Crippen molar-refractivity contribution in [1.29, 1.82) is 0 Å². The maximum Gasteiger partial charge on any atom is 0.251 e. The lowest BCUT2D eigenvalue weighted by Crippen LogP contribution is -2.29. The third kappa shape index (κ3) is 6.95. The number of aryl methyl sites for hydroxylation is 1. The van der Waals surface area contributed by atoms with Crippen LogP contribution in [0.2, 0.25) is 0 Å². The van der Waals surface area contributed by atoms with Gasteiger partial charge in [-0.3, -0.25) is 9.59 Å². The van der Waals surface area contributed by atoms with Crippen molar-refractivity contribution in [3.8, 4) is 0 Å². The van der Waals surface area contributed by atoms with E-state index in [1.165, 1.54) is 0 Å². The fourth-order valence-corrected chi connectivity index (χ4v) is 3.42. The number of hydrogen-bond acceptors (Lipinski definition) is 2. The van der Waals surface area contributed by atoms with Crippen LogP contribution in [-0.2, 0) is 22.6 Å². The normalized spacial score (nSPS) is 10.8. The Hall–Kier alpha value is -3.66. The summed E-state index contributed by atoms with van der Waals surface area (Å²) in [6.45, 7) is 5.23. The highest BCUT2D eigenvalue weighted by Crippen LogP contribution is 2.20. The minimum absolute atomic E-state index is 0.0121. The fourth-order valence-electron chi connectivity index (χ4n) is 3.42. The number of amides is 2. The molecule has 0 fully saturated rings. The van der Waals surface area contributed by atoms with E-state index in [1.54, 1.807) is 11.0 Å². The first-order valence-electron chi connectivity index (χ1n) is 11.0. The quantitative estimate of drug-likeness (QED) is 0.472. The summed E-state index contributed by atoms with van der Waals surface area (Å²) in [5, 5.41) is 2.89. The maximum absolute atomic E-state index is 13.2. The van der Waals surface area contributed by atoms with E-state index in [4.69, 9.17) is 0 Å². The van der Waals surface area contributed by atoms with Gasteiger partial charge in [-0.1, -0.05) is 79.2 Å². The molecule has 0 aliphatic heterocycles. The third-order valence-electron chi connectivity index (χ3n) is 5.09. The Labute approximate surface area is 190 Å². The van der Waals surface area contributed by atoms with Crippen molar-refractivity contribution in [2.75, 3.05) is 11.4 Å². The Balaban J connectivity index is 1.80. The highest BCUT2D eigenvalue weighted by atomic mass is 16.2. The van der Waals surface area contributed by atoms with Gasteiger partial charge in [0.1, 0.15) is 0 Å². The van der Waals surface area contributed by atoms with E-state index in [-0.39, 0.29) is 11.8 Å². The second-order valence-corrected chi connectivity index (χ2v) is 7.85. The van der Waals surface area contributed by atoms with Crippen LogP contribution in [-0.4, -0.2) is 18.4 Å². The number of carbonyl (C=O) groups is 2. The molecule has 0 aromatic heterocycles. The number of carbonyl (C=O) groups excluding carboxylic acids is 2. The smallest absolute Gasteiger partial charge is 0.251 e. The Morgan fingerprint density at radius 3 is 2.34 bits per heavy atom. The lowest BCUT2D eigenvalue weighted by Gasteiger charge is -2.22. The minimum Gasteiger partial charge on any atom is -0.356 e. The van der Waals surface area contributed by atoms with Crippen molar-refractivity contribution in [2.45, 2.75) is 33.2 Å². The van der Waals surface area contributed by atoms with Crippen LogP contribution in [0.15, 0.2) is 84.9 Å². The molecule has 3 aromatic carbocycles. The van der Waals surface area contributed by atoms with E-state index < -0.39 is 0 Å². The van der Waals surface area contributed by atoms with Crippen molar-refractivity contribution < 1.29 is 9.59 Å². The Kier molecular flexibility index (Phi) is 8.38. The zero-order valence-electron chi connectivity index (χ0n) is 18.8. The molecule has 4 heteroatoms. The Bertz CT molecular complexity index is 1060. The number of nitrogens with one attached hydrogen (secondary N) is 1. The Morgan fingerprint density at radius 1 is 0.906 bits per heavy atom. The highest BCUT2D eigenvalue weighted by molar-refractivity contribution is 6.03. The number of nitrogens with zero attached hydrogens (tertiary/aromatic N) is 1. The van der Waals surface area contributed by atoms with Crippen molar-refractivity contribution in [3.05, 3.63) is 107 Å². The molecule has 0 aliphatic rings. The van der Waals surface area contributed by atoms with E-state index in [0.717, 1.165) is 34.4 Å². The van der Waals surface area contributed by atoms with Crippen LogP contribution in [0.5, 0.6) is 0 Å². The van der Waals surface area contributed by atoms with Crippen LogP contribution in [0.3, 0.4) is 0 Å². The topological polar surface area (TPSA) is 49.4 Å². The van der Waals surface area contributed by atoms with Gasteiger partial charge in [-0.2, -0.15) is 0 Å². The van der Waals surface area contributed by atoms with Crippen LogP contribution < -0.4 is 10.2 Å². The molecule has 0 unspecified atom stereocenters. The van der Waals surface area contributed by atoms with E-state index >= 15 is 0 Å². The summed E-state index contributed by atoms with van der Waals surface area (Å²) >= 11 is 0. The summed E-state index contributed by atoms with van der Waals surface area (Å²) in [4.78, 5) is 26.9. The van der Waals surface area contributed by atoms with Crippen molar-refractivity contribution in [1.82, 2.24) is 5.32 Å². The summed E-state index contributed by atoms with van der Waals surface area (Å²) < 4.78 is 0. The van der Waals surface area contributed by atoms with Gasteiger partial charge in [-0.15, -0.1) is 0 Å². The molecule has 0 aliphatic carbocycles. The first kappa shape index (κ1) is 23.0. The second-order valence-electron chi connectivity index (χ2n) is 7.85. The van der Waals surface area contributed by atoms with Gasteiger partial charge < -0.3 is 10.2 Å². The average Bonchev–Trinajstić information content (AvgIpc) is 2.81. The minimum atomic E-state index is -0.0937. The number of rotatable bonds is 9. The number of hydrogen-bond donors (Lipinski definition) is 1. The summed E-state index contributed by atoms with van der Waals surface area (Å²) in [6, 6.07) is 25.6. The molecular formula is C28H30N2O2. The molecule has 3 rings (SSSR count). The van der Waals surface area contributed by atoms with Crippen LogP contribution in [0.4, 0.5) is 5.69 Å². The molecule has 0 saturated heterocycles. The molecule has 32 heavy (non-hydrogen) atoms. The summed E-state index contributed by atoms with van der Waals surface area (Å²) in [5.41, 5.74) is 4.92. The zero-order chi connectivity index (χ0) is 22.8. The summed E-state index contributed by atoms with van der Waals surface area (Å²) in [6.07, 6.45) is 4.69. The van der Waals surface area contributed by atoms with Crippen LogP contribution in [0.25, 0.3) is 6.08 Å². The van der Waals surface area contributed by atoms with Gasteiger partial charge >= 0.3 is 0 Å². The molecule has 4 nitrogen and oxygen atoms in total. The molecule has 3 aromatic rings. The fraction of sp³-hybridized carbons (Fsp3) is 0.214. The molecule has 0 heterocycles. The SMILES string of the molecule is CCCNC(=O)Cc1ccc(N(Cc2cccc(C)c2)C(=O)C=Cc2ccccc2)cc1. The lowest BCUT2D eigenvalue weighted by molar-refractivity contribution is -0.120. The number of benzene rings is 3. The van der Waals surface area contributed by atoms with Crippen LogP contribution in [0.1, 0.15) is 35.6 Å². The van der Waals surface area contributed by atoms with Gasteiger partial charge in [0.2, 0.25) is 5.91 Å². The zero-order valence-corrected chi connectivity index (χ0v) is 18.8. The molecule has 164 valence electrons. The number of anilines is 1. The van der Waals surface area contributed by atoms with E-state index in [0.29, 0.717) is 19.5 Å². The predicted octanol–water partition coefficient (Wildman–Crippen LogP) is 5.31. The average molecular weight is 427 g/mol. The molecule has 0 spiro atoms. The molecule has 0 bridgehead atoms. The van der Waals surface area contributed by atoms with Crippen molar-refractivity contribution in [3.63, 3.8) is 0 Å². The van der Waals surface area contributed by atoms with Crippen molar-refractivity contribution >= 4 is 23.6 Å². The molecule has 0 atom stereocenters. The van der Waals surface area contributed by atoms with Crippen molar-refractivity contribution in [2.24, 2.45) is 0 Å². The first-order chi connectivity index (χ1) is 15.5. The molecule has 2 amide bonds. The largest absolute Gasteiger partial charge is 0.356 e. The van der Waals surface area contributed by atoms with Gasteiger partial charge in [0, 0.05) is 18.3 Å². The van der Waals surface area contributed by atoms with Gasteiger partial charge in [0.15, 0.2) is 0 Å². The first-order valence-corrected chi connectivity index (χ1v) is 11.0. The summed E-state index contributed by atoms with van der Waals surface area (Å²) in [5.74, 6) is -0.0816. The lowest BCUT2D eigenvalue weighted by atomic mass is 10.1. The maximum atomic E-state index is 13.2. The molecular weight excluding hydrogens is 396 g/mol. The van der Waals surface area contributed by atoms with Gasteiger partial charge in [0.05, 0.1) is 13.0 Å². The molecule has 0 saturated carbocycles. The molecule has 1 N–H and O–H groups in total. The van der Waals surface area contributed by atoms with Crippen LogP contribution in [0, 0.1) is 6.92 Å². The van der Waals surface area contributed by atoms with E-state index in [1.807, 2.05) is 92.7 Å². The second kappa shape index (κ2) is 11.7. The van der Waals surface area contributed by atoms with Gasteiger partial charge in [-0.05, 0) is 48.2 Å². The Morgan fingerprint density at radius 2 is 1.66 bits per heavy atom. The monoisotopic (exact) mass is 426 g/mol.